The van der Waals surface area contributed by atoms with Crippen LogP contribution < -0.4 is 5.56 Å². The van der Waals surface area contributed by atoms with Crippen LogP contribution >= 0.6 is 11.6 Å². The Labute approximate surface area is 176 Å². The van der Waals surface area contributed by atoms with Crippen LogP contribution in [0.5, 0.6) is 0 Å². The molecule has 0 amide bonds. The Morgan fingerprint density at radius 2 is 1.90 bits per heavy atom. The van der Waals surface area contributed by atoms with Crippen molar-refractivity contribution < 1.29 is 4.39 Å². The second-order valence-corrected chi connectivity index (χ2v) is 6.96. The number of halogens is 2. The minimum atomic E-state index is -0.530. The van der Waals surface area contributed by atoms with Crippen molar-refractivity contribution in [2.45, 2.75) is 6.92 Å². The maximum atomic E-state index is 13.8. The van der Waals surface area contributed by atoms with E-state index in [0.29, 0.717) is 27.5 Å². The number of hydrogen-bond acceptors (Lipinski definition) is 4. The van der Waals surface area contributed by atoms with Crippen molar-refractivity contribution in [3.8, 4) is 11.8 Å². The van der Waals surface area contributed by atoms with Crippen LogP contribution in [0.1, 0.15) is 22.8 Å². The first-order valence-corrected chi connectivity index (χ1v) is 9.39. The molecule has 0 bridgehead atoms. The van der Waals surface area contributed by atoms with Crippen LogP contribution in [0.2, 0.25) is 5.02 Å². The third-order valence-corrected chi connectivity index (χ3v) is 4.84. The average molecular weight is 417 g/mol. The summed E-state index contributed by atoms with van der Waals surface area (Å²) in [4.78, 5) is 22.1. The first-order valence-electron chi connectivity index (χ1n) is 9.01. The van der Waals surface area contributed by atoms with Gasteiger partial charge in [-0.1, -0.05) is 23.7 Å². The van der Waals surface area contributed by atoms with Crippen molar-refractivity contribution in [2.24, 2.45) is 0 Å². The molecule has 146 valence electrons. The van der Waals surface area contributed by atoms with E-state index in [2.05, 4.69) is 16.0 Å². The van der Waals surface area contributed by atoms with E-state index in [1.165, 1.54) is 16.7 Å². The molecule has 2 heterocycles. The number of hydrogen-bond donors (Lipinski definition) is 0. The zero-order valence-electron chi connectivity index (χ0n) is 15.8. The molecule has 4 aromatic rings. The van der Waals surface area contributed by atoms with E-state index in [0.717, 1.165) is 11.8 Å². The van der Waals surface area contributed by atoms with E-state index in [1.54, 1.807) is 48.6 Å². The fourth-order valence-electron chi connectivity index (χ4n) is 3.10. The van der Waals surface area contributed by atoms with Gasteiger partial charge in [0.2, 0.25) is 0 Å². The number of rotatable bonds is 3. The van der Waals surface area contributed by atoms with Crippen LogP contribution in [0.3, 0.4) is 0 Å². The second-order valence-electron chi connectivity index (χ2n) is 6.55. The van der Waals surface area contributed by atoms with Gasteiger partial charge in [-0.25, -0.2) is 9.37 Å². The highest BCUT2D eigenvalue weighted by molar-refractivity contribution is 6.32. The molecule has 0 aliphatic rings. The summed E-state index contributed by atoms with van der Waals surface area (Å²) in [6, 6.07) is 16.2. The maximum Gasteiger partial charge on any atom is 0.266 e. The molecular formula is C23H14ClFN4O. The van der Waals surface area contributed by atoms with E-state index in [4.69, 9.17) is 11.6 Å². The molecule has 4 rings (SSSR count). The molecule has 0 unspecified atom stereocenters. The van der Waals surface area contributed by atoms with Crippen LogP contribution in [0, 0.1) is 24.1 Å². The van der Waals surface area contributed by atoms with Crippen LogP contribution in [-0.4, -0.2) is 14.5 Å². The molecule has 0 aliphatic carbocycles. The molecule has 7 heteroatoms. The number of aryl methyl sites for hydroxylation is 1. The van der Waals surface area contributed by atoms with E-state index in [1.807, 2.05) is 6.92 Å². The molecule has 5 nitrogen and oxygen atoms in total. The maximum absolute atomic E-state index is 13.8. The fourth-order valence-corrected chi connectivity index (χ4v) is 3.32. The van der Waals surface area contributed by atoms with Gasteiger partial charge in [0.15, 0.2) is 0 Å². The fraction of sp³-hybridized carbons (Fsp3) is 0.0435. The number of nitrogens with zero attached hydrogens (tertiary/aromatic N) is 4. The molecule has 0 aliphatic heterocycles. The van der Waals surface area contributed by atoms with Gasteiger partial charge in [-0.3, -0.25) is 14.3 Å². The lowest BCUT2D eigenvalue weighted by Crippen LogP contribution is -2.22. The van der Waals surface area contributed by atoms with E-state index >= 15 is 0 Å². The smallest absolute Gasteiger partial charge is 0.266 e. The Morgan fingerprint density at radius 3 is 2.67 bits per heavy atom. The van der Waals surface area contributed by atoms with Crippen molar-refractivity contribution in [3.63, 3.8) is 0 Å². The number of para-hydroxylation sites is 1. The van der Waals surface area contributed by atoms with Crippen molar-refractivity contribution in [1.29, 1.82) is 5.26 Å². The predicted molar refractivity (Wildman–Crippen MR) is 115 cm³/mol. The normalized spacial score (nSPS) is 11.1. The predicted octanol–water partition coefficient (Wildman–Crippen LogP) is 4.92. The van der Waals surface area contributed by atoms with Gasteiger partial charge in [-0.05, 0) is 61.5 Å². The molecule has 0 saturated carbocycles. The Bertz CT molecular complexity index is 1420. The summed E-state index contributed by atoms with van der Waals surface area (Å²) in [5, 5.41) is 9.82. The number of fused-ring (bicyclic) bond motifs is 1. The molecular weight excluding hydrogens is 403 g/mol. The lowest BCUT2D eigenvalue weighted by molar-refractivity contribution is 0.629. The van der Waals surface area contributed by atoms with Crippen molar-refractivity contribution in [1.82, 2.24) is 14.5 Å². The Balaban J connectivity index is 2.00. The SMILES string of the molecule is Cc1ccc(C#N)c(/C=C/c2nc3ccc(F)cc3c(=O)n2-c2ccccc2Cl)n1. The van der Waals surface area contributed by atoms with E-state index in [9.17, 15) is 14.4 Å². The minimum absolute atomic E-state index is 0.137. The lowest BCUT2D eigenvalue weighted by Gasteiger charge is -2.13. The van der Waals surface area contributed by atoms with Crippen LogP contribution in [-0.2, 0) is 0 Å². The summed E-state index contributed by atoms with van der Waals surface area (Å²) in [6.07, 6.45) is 3.21. The topological polar surface area (TPSA) is 71.6 Å². The molecule has 0 atom stereocenters. The highest BCUT2D eigenvalue weighted by Crippen LogP contribution is 2.22. The molecule has 30 heavy (non-hydrogen) atoms. The molecule has 0 spiro atoms. The van der Waals surface area contributed by atoms with Gasteiger partial charge >= 0.3 is 0 Å². The van der Waals surface area contributed by atoms with Gasteiger partial charge in [-0.15, -0.1) is 0 Å². The Kier molecular flexibility index (Phi) is 5.13. The van der Waals surface area contributed by atoms with Crippen molar-refractivity contribution in [2.75, 3.05) is 0 Å². The quantitative estimate of drug-likeness (QED) is 0.475. The molecule has 2 aromatic carbocycles. The van der Waals surface area contributed by atoms with E-state index in [-0.39, 0.29) is 11.2 Å². The van der Waals surface area contributed by atoms with Gasteiger partial charge < -0.3 is 0 Å². The monoisotopic (exact) mass is 416 g/mol. The van der Waals surface area contributed by atoms with Crippen LogP contribution in [0.15, 0.2) is 59.4 Å². The summed E-state index contributed by atoms with van der Waals surface area (Å²) in [7, 11) is 0. The summed E-state index contributed by atoms with van der Waals surface area (Å²) in [6.45, 7) is 1.82. The van der Waals surface area contributed by atoms with Crippen molar-refractivity contribution in [3.05, 3.63) is 98.6 Å². The summed E-state index contributed by atoms with van der Waals surface area (Å²) in [5.41, 5.74) is 1.91. The number of nitriles is 1. The zero-order chi connectivity index (χ0) is 21.3. The molecule has 2 aromatic heterocycles. The Morgan fingerprint density at radius 1 is 1.10 bits per heavy atom. The molecule has 0 radical (unpaired) electrons. The highest BCUT2D eigenvalue weighted by Gasteiger charge is 2.14. The highest BCUT2D eigenvalue weighted by atomic mass is 35.5. The first-order chi connectivity index (χ1) is 14.5. The number of aromatic nitrogens is 3. The third-order valence-electron chi connectivity index (χ3n) is 4.52. The number of benzene rings is 2. The molecule has 0 N–H and O–H groups in total. The molecule has 0 saturated heterocycles. The van der Waals surface area contributed by atoms with Crippen LogP contribution in [0.25, 0.3) is 28.7 Å². The largest absolute Gasteiger partial charge is 0.268 e. The third kappa shape index (κ3) is 3.59. The first kappa shape index (κ1) is 19.5. The van der Waals surface area contributed by atoms with Crippen molar-refractivity contribution >= 4 is 34.7 Å². The zero-order valence-corrected chi connectivity index (χ0v) is 16.6. The minimum Gasteiger partial charge on any atom is -0.268 e. The van der Waals surface area contributed by atoms with Gasteiger partial charge in [0.25, 0.3) is 5.56 Å². The van der Waals surface area contributed by atoms with Crippen LogP contribution in [0.4, 0.5) is 4.39 Å². The van der Waals surface area contributed by atoms with E-state index < -0.39 is 11.4 Å². The van der Waals surface area contributed by atoms with Gasteiger partial charge in [-0.2, -0.15) is 5.26 Å². The van der Waals surface area contributed by atoms with Gasteiger partial charge in [0.05, 0.1) is 32.9 Å². The average Bonchev–Trinajstić information content (AvgIpc) is 2.74. The summed E-state index contributed by atoms with van der Waals surface area (Å²) < 4.78 is 15.1. The van der Waals surface area contributed by atoms with Gasteiger partial charge in [0, 0.05) is 5.69 Å². The summed E-state index contributed by atoms with van der Waals surface area (Å²) in [5.74, 6) is -0.252. The lowest BCUT2D eigenvalue weighted by atomic mass is 10.1. The van der Waals surface area contributed by atoms with Gasteiger partial charge in [0.1, 0.15) is 17.7 Å². The Hall–Kier alpha value is -3.82. The summed E-state index contributed by atoms with van der Waals surface area (Å²) >= 11 is 6.33. The number of pyridine rings is 1. The second kappa shape index (κ2) is 7.90. The standard InChI is InChI=1S/C23H14ClFN4O/c1-14-6-7-15(13-26)19(27-14)10-11-22-28-20-9-8-16(25)12-17(20)23(30)29(22)21-5-3-2-4-18(21)24/h2-12H,1H3/b11-10+. The molecule has 0 fully saturated rings.